The van der Waals surface area contributed by atoms with Gasteiger partial charge in [-0.15, -0.1) is 11.6 Å². The smallest absolute Gasteiger partial charge is 0.179 e. The first-order valence-corrected chi connectivity index (χ1v) is 5.79. The summed E-state index contributed by atoms with van der Waals surface area (Å²) in [5.41, 5.74) is 1.80. The molecule has 0 aliphatic carbocycles. The molecule has 2 rings (SSSR count). The van der Waals surface area contributed by atoms with Crippen molar-refractivity contribution in [2.75, 3.05) is 23.9 Å². The van der Waals surface area contributed by atoms with Crippen LogP contribution in [0.5, 0.6) is 0 Å². The molecule has 0 saturated carbocycles. The molecule has 80 valence electrons. The van der Waals surface area contributed by atoms with Gasteiger partial charge in [0.25, 0.3) is 0 Å². The Morgan fingerprint density at radius 1 is 1.27 bits per heavy atom. The number of carbonyl (C=O) groups excluding carboxylic acids is 1. The van der Waals surface area contributed by atoms with Crippen LogP contribution in [0.4, 0.5) is 5.69 Å². The Morgan fingerprint density at radius 3 is 2.60 bits per heavy atom. The summed E-state index contributed by atoms with van der Waals surface area (Å²) in [6, 6.07) is 7.72. The number of halogens is 1. The van der Waals surface area contributed by atoms with Crippen molar-refractivity contribution in [2.45, 2.75) is 12.8 Å². The predicted octanol–water partition coefficient (Wildman–Crippen LogP) is 2.71. The SMILES string of the molecule is O=C(CCl)c1ccccc1N1CCCC1. The van der Waals surface area contributed by atoms with Gasteiger partial charge in [0.05, 0.1) is 5.88 Å². The quantitative estimate of drug-likeness (QED) is 0.580. The number of Topliss-reactive ketones (excluding diaryl/α,β-unsaturated/α-hetero) is 1. The van der Waals surface area contributed by atoms with Gasteiger partial charge in [-0.25, -0.2) is 0 Å². The van der Waals surface area contributed by atoms with Crippen molar-refractivity contribution < 1.29 is 4.79 Å². The molecule has 1 heterocycles. The van der Waals surface area contributed by atoms with E-state index in [0.29, 0.717) is 0 Å². The first kappa shape index (κ1) is 10.5. The Balaban J connectivity index is 2.32. The van der Waals surface area contributed by atoms with Crippen molar-refractivity contribution in [1.29, 1.82) is 0 Å². The maximum Gasteiger partial charge on any atom is 0.179 e. The lowest BCUT2D eigenvalue weighted by atomic mass is 10.1. The summed E-state index contributed by atoms with van der Waals surface area (Å²) in [4.78, 5) is 13.9. The summed E-state index contributed by atoms with van der Waals surface area (Å²) in [5.74, 6) is 0.0735. The number of para-hydroxylation sites is 1. The minimum atomic E-state index is 0.0131. The third kappa shape index (κ3) is 2.15. The van der Waals surface area contributed by atoms with Gasteiger partial charge in [-0.3, -0.25) is 4.79 Å². The lowest BCUT2D eigenvalue weighted by molar-refractivity contribution is 0.102. The zero-order valence-corrected chi connectivity index (χ0v) is 9.33. The van der Waals surface area contributed by atoms with E-state index in [9.17, 15) is 4.79 Å². The second-order valence-corrected chi connectivity index (χ2v) is 4.04. The van der Waals surface area contributed by atoms with Crippen LogP contribution in [-0.4, -0.2) is 24.8 Å². The van der Waals surface area contributed by atoms with Gasteiger partial charge >= 0.3 is 0 Å². The van der Waals surface area contributed by atoms with Crippen molar-refractivity contribution in [1.82, 2.24) is 0 Å². The van der Waals surface area contributed by atoms with Crippen LogP contribution in [0, 0.1) is 0 Å². The van der Waals surface area contributed by atoms with Gasteiger partial charge in [0, 0.05) is 24.3 Å². The molecule has 0 aromatic heterocycles. The standard InChI is InChI=1S/C12H14ClNO/c13-9-12(15)10-5-1-2-6-11(10)14-7-3-4-8-14/h1-2,5-6H,3-4,7-9H2. The lowest BCUT2D eigenvalue weighted by Crippen LogP contribution is -2.20. The molecule has 0 unspecified atom stereocenters. The Labute approximate surface area is 94.8 Å². The van der Waals surface area contributed by atoms with Crippen LogP contribution in [0.25, 0.3) is 0 Å². The topological polar surface area (TPSA) is 20.3 Å². The third-order valence-corrected chi connectivity index (χ3v) is 3.02. The van der Waals surface area contributed by atoms with Crippen molar-refractivity contribution >= 4 is 23.1 Å². The van der Waals surface area contributed by atoms with Crippen molar-refractivity contribution in [3.63, 3.8) is 0 Å². The number of alkyl halides is 1. The summed E-state index contributed by atoms with van der Waals surface area (Å²) in [7, 11) is 0. The van der Waals surface area contributed by atoms with E-state index in [2.05, 4.69) is 4.90 Å². The van der Waals surface area contributed by atoms with Gasteiger partial charge in [0.2, 0.25) is 0 Å². The maximum atomic E-state index is 11.6. The molecule has 15 heavy (non-hydrogen) atoms. The Morgan fingerprint density at radius 2 is 1.93 bits per heavy atom. The minimum absolute atomic E-state index is 0.0131. The van der Waals surface area contributed by atoms with Crippen LogP contribution in [0.15, 0.2) is 24.3 Å². The van der Waals surface area contributed by atoms with Crippen LogP contribution in [0.2, 0.25) is 0 Å². The molecular weight excluding hydrogens is 210 g/mol. The van der Waals surface area contributed by atoms with Gasteiger partial charge in [-0.2, -0.15) is 0 Å². The number of ketones is 1. The van der Waals surface area contributed by atoms with E-state index in [0.717, 1.165) is 24.3 Å². The normalized spacial score (nSPS) is 15.7. The Kier molecular flexibility index (Phi) is 3.27. The first-order chi connectivity index (χ1) is 7.33. The summed E-state index contributed by atoms with van der Waals surface area (Å²) >= 11 is 5.60. The molecule has 0 amide bonds. The van der Waals surface area contributed by atoms with E-state index in [1.165, 1.54) is 12.8 Å². The number of nitrogens with zero attached hydrogens (tertiary/aromatic N) is 1. The molecule has 1 saturated heterocycles. The fourth-order valence-corrected chi connectivity index (χ4v) is 2.16. The third-order valence-electron chi connectivity index (χ3n) is 2.77. The molecule has 0 radical (unpaired) electrons. The largest absolute Gasteiger partial charge is 0.371 e. The zero-order valence-electron chi connectivity index (χ0n) is 8.58. The fourth-order valence-electron chi connectivity index (χ4n) is 2.02. The van der Waals surface area contributed by atoms with Crippen LogP contribution < -0.4 is 4.90 Å². The van der Waals surface area contributed by atoms with Crippen LogP contribution in [0.3, 0.4) is 0 Å². The van der Waals surface area contributed by atoms with Gasteiger partial charge in [0.15, 0.2) is 5.78 Å². The molecule has 0 atom stereocenters. The molecule has 1 aliphatic heterocycles. The van der Waals surface area contributed by atoms with Crippen LogP contribution in [-0.2, 0) is 0 Å². The number of rotatable bonds is 3. The monoisotopic (exact) mass is 223 g/mol. The molecule has 0 bridgehead atoms. The molecular formula is C12H14ClNO. The predicted molar refractivity (Wildman–Crippen MR) is 62.9 cm³/mol. The summed E-state index contributed by atoms with van der Waals surface area (Å²) < 4.78 is 0. The van der Waals surface area contributed by atoms with Crippen LogP contribution in [0.1, 0.15) is 23.2 Å². The van der Waals surface area contributed by atoms with E-state index in [1.54, 1.807) is 0 Å². The molecule has 0 N–H and O–H groups in total. The number of hydrogen-bond acceptors (Lipinski definition) is 2. The molecule has 0 spiro atoms. The average molecular weight is 224 g/mol. The summed E-state index contributed by atoms with van der Waals surface area (Å²) in [6.07, 6.45) is 2.42. The van der Waals surface area contributed by atoms with E-state index in [-0.39, 0.29) is 11.7 Å². The molecule has 3 heteroatoms. The first-order valence-electron chi connectivity index (χ1n) is 5.26. The van der Waals surface area contributed by atoms with Gasteiger partial charge < -0.3 is 4.90 Å². The highest BCUT2D eigenvalue weighted by Crippen LogP contribution is 2.24. The second kappa shape index (κ2) is 4.67. The van der Waals surface area contributed by atoms with E-state index in [4.69, 9.17) is 11.6 Å². The molecule has 1 aliphatic rings. The molecule has 1 fully saturated rings. The highest BCUT2D eigenvalue weighted by molar-refractivity contribution is 6.31. The van der Waals surface area contributed by atoms with E-state index < -0.39 is 0 Å². The fraction of sp³-hybridized carbons (Fsp3) is 0.417. The lowest BCUT2D eigenvalue weighted by Gasteiger charge is -2.20. The maximum absolute atomic E-state index is 11.6. The average Bonchev–Trinajstić information content (AvgIpc) is 2.81. The number of benzene rings is 1. The second-order valence-electron chi connectivity index (χ2n) is 3.77. The summed E-state index contributed by atoms with van der Waals surface area (Å²) in [5, 5.41) is 0. The van der Waals surface area contributed by atoms with E-state index in [1.807, 2.05) is 24.3 Å². The van der Waals surface area contributed by atoms with Gasteiger partial charge in [-0.05, 0) is 25.0 Å². The Bertz CT molecular complexity index is 358. The number of hydrogen-bond donors (Lipinski definition) is 0. The van der Waals surface area contributed by atoms with Crippen molar-refractivity contribution in [3.8, 4) is 0 Å². The number of carbonyl (C=O) groups is 1. The van der Waals surface area contributed by atoms with Crippen LogP contribution >= 0.6 is 11.6 Å². The minimum Gasteiger partial charge on any atom is -0.371 e. The zero-order chi connectivity index (χ0) is 10.7. The Hall–Kier alpha value is -1.02. The highest BCUT2D eigenvalue weighted by Gasteiger charge is 2.18. The molecule has 1 aromatic carbocycles. The van der Waals surface area contributed by atoms with Crippen molar-refractivity contribution in [2.24, 2.45) is 0 Å². The van der Waals surface area contributed by atoms with Gasteiger partial charge in [0.1, 0.15) is 0 Å². The number of anilines is 1. The van der Waals surface area contributed by atoms with Crippen molar-refractivity contribution in [3.05, 3.63) is 29.8 Å². The van der Waals surface area contributed by atoms with E-state index >= 15 is 0 Å². The van der Waals surface area contributed by atoms with Gasteiger partial charge in [-0.1, -0.05) is 12.1 Å². The highest BCUT2D eigenvalue weighted by atomic mass is 35.5. The molecule has 1 aromatic rings. The summed E-state index contributed by atoms with van der Waals surface area (Å²) in [6.45, 7) is 2.10. The molecule has 2 nitrogen and oxygen atoms in total.